The highest BCUT2D eigenvalue weighted by Gasteiger charge is 2.22. The van der Waals surface area contributed by atoms with Crippen LogP contribution in [0.1, 0.15) is 29.9 Å². The van der Waals surface area contributed by atoms with Crippen LogP contribution in [0.4, 0.5) is 4.39 Å². The van der Waals surface area contributed by atoms with Crippen LogP contribution in [0.5, 0.6) is 0 Å². The number of amides is 1. The van der Waals surface area contributed by atoms with E-state index in [1.165, 1.54) is 17.3 Å². The van der Waals surface area contributed by atoms with Gasteiger partial charge in [-0.05, 0) is 18.6 Å². The van der Waals surface area contributed by atoms with Crippen molar-refractivity contribution in [3.05, 3.63) is 58.3 Å². The fraction of sp³-hybridized carbons (Fsp3) is 0.409. The Bertz CT molecular complexity index is 994. The number of aryl methyl sites for hydroxylation is 2. The molecule has 2 aromatic heterocycles. The Hall–Kier alpha value is -2.58. The van der Waals surface area contributed by atoms with Gasteiger partial charge in [-0.3, -0.25) is 9.69 Å². The van der Waals surface area contributed by atoms with Gasteiger partial charge in [0.2, 0.25) is 5.91 Å². The van der Waals surface area contributed by atoms with Gasteiger partial charge in [-0.1, -0.05) is 19.1 Å². The van der Waals surface area contributed by atoms with Crippen molar-refractivity contribution in [3.63, 3.8) is 0 Å². The number of hydrogen-bond acceptors (Lipinski definition) is 6. The molecule has 1 amide bonds. The van der Waals surface area contributed by atoms with Gasteiger partial charge in [-0.25, -0.2) is 14.4 Å². The lowest BCUT2D eigenvalue weighted by molar-refractivity contribution is -0.133. The van der Waals surface area contributed by atoms with Crippen molar-refractivity contribution >= 4 is 17.2 Å². The fourth-order valence-corrected chi connectivity index (χ4v) is 4.29. The highest BCUT2D eigenvalue weighted by molar-refractivity contribution is 7.09. The van der Waals surface area contributed by atoms with Crippen LogP contribution in [0.25, 0.3) is 11.3 Å². The summed E-state index contributed by atoms with van der Waals surface area (Å²) in [7, 11) is 0. The lowest BCUT2D eigenvalue weighted by Crippen LogP contribution is -2.48. The molecule has 0 spiro atoms. The smallest absolute Gasteiger partial charge is 0.223 e. The summed E-state index contributed by atoms with van der Waals surface area (Å²) >= 11 is 1.71. The maximum absolute atomic E-state index is 13.9. The van der Waals surface area contributed by atoms with Gasteiger partial charge in [0, 0.05) is 50.9 Å². The van der Waals surface area contributed by atoms with Crippen LogP contribution in [-0.2, 0) is 24.2 Å². The highest BCUT2D eigenvalue weighted by Crippen LogP contribution is 2.23. The number of piperazine rings is 1. The maximum atomic E-state index is 13.9. The summed E-state index contributed by atoms with van der Waals surface area (Å²) in [6.45, 7) is 6.09. The van der Waals surface area contributed by atoms with Gasteiger partial charge in [0.15, 0.2) is 11.7 Å². The summed E-state index contributed by atoms with van der Waals surface area (Å²) in [6.07, 6.45) is 3.23. The van der Waals surface area contributed by atoms with E-state index in [1.54, 1.807) is 29.5 Å². The van der Waals surface area contributed by atoms with Crippen LogP contribution in [0.15, 0.2) is 40.3 Å². The average Bonchev–Trinajstić information content (AvgIpc) is 3.42. The number of carbonyl (C=O) groups excluding carboxylic acids is 1. The number of carbonyl (C=O) groups is 1. The molecule has 1 fully saturated rings. The molecule has 0 radical (unpaired) electrons. The zero-order chi connectivity index (χ0) is 20.9. The number of oxazole rings is 1. The first-order chi connectivity index (χ1) is 14.6. The van der Waals surface area contributed by atoms with Crippen molar-refractivity contribution in [2.45, 2.75) is 32.7 Å². The molecule has 1 aromatic carbocycles. The third-order valence-electron chi connectivity index (χ3n) is 5.26. The number of nitrogens with zero attached hydrogens (tertiary/aromatic N) is 4. The SMILES string of the molecule is CCc1nc(CN2CCN(C(=O)CCc3ncc(-c4ccccc4F)o3)CC2)cs1. The molecule has 0 unspecified atom stereocenters. The standard InChI is InChI=1S/C22H25FN4O2S/c1-2-21-25-16(15-30-21)14-26-9-11-27(12-10-26)22(28)8-7-20-24-13-19(29-20)17-5-3-4-6-18(17)23/h3-6,13,15H,2,7-12,14H2,1H3. The van der Waals surface area contributed by atoms with E-state index in [0.717, 1.165) is 44.8 Å². The fourth-order valence-electron chi connectivity index (χ4n) is 3.55. The van der Waals surface area contributed by atoms with Gasteiger partial charge in [-0.2, -0.15) is 0 Å². The molecule has 8 heteroatoms. The zero-order valence-corrected chi connectivity index (χ0v) is 17.8. The van der Waals surface area contributed by atoms with Crippen molar-refractivity contribution in [1.29, 1.82) is 0 Å². The van der Waals surface area contributed by atoms with E-state index >= 15 is 0 Å². The molecule has 0 saturated carbocycles. The number of thiazole rings is 1. The van der Waals surface area contributed by atoms with Gasteiger partial charge >= 0.3 is 0 Å². The minimum Gasteiger partial charge on any atom is -0.441 e. The van der Waals surface area contributed by atoms with E-state index in [-0.39, 0.29) is 11.7 Å². The van der Waals surface area contributed by atoms with Gasteiger partial charge in [0.1, 0.15) is 5.82 Å². The molecule has 4 rings (SSSR count). The Morgan fingerprint density at radius 1 is 1.23 bits per heavy atom. The molecule has 30 heavy (non-hydrogen) atoms. The number of aromatic nitrogens is 2. The third kappa shape index (κ3) is 4.94. The van der Waals surface area contributed by atoms with Crippen LogP contribution in [0, 0.1) is 5.82 Å². The molecule has 0 atom stereocenters. The molecule has 1 saturated heterocycles. The van der Waals surface area contributed by atoms with E-state index < -0.39 is 0 Å². The summed E-state index contributed by atoms with van der Waals surface area (Å²) in [5.74, 6) is 0.591. The summed E-state index contributed by atoms with van der Waals surface area (Å²) in [5.41, 5.74) is 1.50. The van der Waals surface area contributed by atoms with E-state index in [2.05, 4.69) is 27.2 Å². The number of rotatable bonds is 7. The van der Waals surface area contributed by atoms with Crippen molar-refractivity contribution in [1.82, 2.24) is 19.8 Å². The molecule has 0 aliphatic carbocycles. The molecular weight excluding hydrogens is 403 g/mol. The van der Waals surface area contributed by atoms with Crippen LogP contribution >= 0.6 is 11.3 Å². The minimum absolute atomic E-state index is 0.0993. The van der Waals surface area contributed by atoms with Crippen molar-refractivity contribution in [2.24, 2.45) is 0 Å². The van der Waals surface area contributed by atoms with Crippen LogP contribution < -0.4 is 0 Å². The van der Waals surface area contributed by atoms with Crippen LogP contribution in [0.3, 0.4) is 0 Å². The largest absolute Gasteiger partial charge is 0.441 e. The monoisotopic (exact) mass is 428 g/mol. The normalized spacial score (nSPS) is 14.9. The van der Waals surface area contributed by atoms with Gasteiger partial charge in [0.05, 0.1) is 22.5 Å². The van der Waals surface area contributed by atoms with Gasteiger partial charge in [-0.15, -0.1) is 11.3 Å². The second kappa shape index (κ2) is 9.49. The van der Waals surface area contributed by atoms with Crippen molar-refractivity contribution < 1.29 is 13.6 Å². The molecule has 0 N–H and O–H groups in total. The van der Waals surface area contributed by atoms with Gasteiger partial charge < -0.3 is 9.32 Å². The zero-order valence-electron chi connectivity index (χ0n) is 17.0. The quantitative estimate of drug-likeness (QED) is 0.573. The summed E-state index contributed by atoms with van der Waals surface area (Å²) < 4.78 is 19.5. The summed E-state index contributed by atoms with van der Waals surface area (Å²) in [5, 5.41) is 3.30. The van der Waals surface area contributed by atoms with E-state index in [4.69, 9.17) is 4.42 Å². The van der Waals surface area contributed by atoms with E-state index in [0.29, 0.717) is 30.1 Å². The predicted molar refractivity (Wildman–Crippen MR) is 114 cm³/mol. The second-order valence-electron chi connectivity index (χ2n) is 7.34. The first-order valence-electron chi connectivity index (χ1n) is 10.3. The lowest BCUT2D eigenvalue weighted by Gasteiger charge is -2.34. The topological polar surface area (TPSA) is 62.5 Å². The van der Waals surface area contributed by atoms with Crippen LogP contribution in [0.2, 0.25) is 0 Å². The maximum Gasteiger partial charge on any atom is 0.223 e. The Kier molecular flexibility index (Phi) is 6.54. The number of benzene rings is 1. The average molecular weight is 429 g/mol. The first-order valence-corrected chi connectivity index (χ1v) is 11.1. The molecule has 6 nitrogen and oxygen atoms in total. The Morgan fingerprint density at radius 2 is 2.03 bits per heavy atom. The van der Waals surface area contributed by atoms with Gasteiger partial charge in [0.25, 0.3) is 0 Å². The second-order valence-corrected chi connectivity index (χ2v) is 8.28. The Balaban J connectivity index is 1.24. The number of hydrogen-bond donors (Lipinski definition) is 0. The predicted octanol–water partition coefficient (Wildman–Crippen LogP) is 3.78. The van der Waals surface area contributed by atoms with Crippen molar-refractivity contribution in [2.75, 3.05) is 26.2 Å². The molecule has 158 valence electrons. The molecule has 1 aliphatic rings. The molecule has 1 aliphatic heterocycles. The van der Waals surface area contributed by atoms with Crippen molar-refractivity contribution in [3.8, 4) is 11.3 Å². The molecular formula is C22H25FN4O2S. The highest BCUT2D eigenvalue weighted by atomic mass is 32.1. The Morgan fingerprint density at radius 3 is 2.77 bits per heavy atom. The summed E-state index contributed by atoms with van der Waals surface area (Å²) in [6, 6.07) is 6.42. The van der Waals surface area contributed by atoms with E-state index in [9.17, 15) is 9.18 Å². The van der Waals surface area contributed by atoms with E-state index in [1.807, 2.05) is 4.90 Å². The minimum atomic E-state index is -0.349. The summed E-state index contributed by atoms with van der Waals surface area (Å²) in [4.78, 5) is 25.6. The molecule has 3 aromatic rings. The third-order valence-corrected chi connectivity index (χ3v) is 6.30. The first kappa shape index (κ1) is 20.7. The lowest BCUT2D eigenvalue weighted by atomic mass is 10.2. The molecule has 3 heterocycles. The number of halogens is 1. The molecule has 0 bridgehead atoms. The Labute approximate surface area is 179 Å². The van der Waals surface area contributed by atoms with Crippen LogP contribution in [-0.4, -0.2) is 51.9 Å².